The molecule has 106 valence electrons. The van der Waals surface area contributed by atoms with E-state index in [9.17, 15) is 4.79 Å². The highest BCUT2D eigenvalue weighted by Gasteiger charge is 2.05. The van der Waals surface area contributed by atoms with Crippen molar-refractivity contribution >= 4 is 5.91 Å². The van der Waals surface area contributed by atoms with E-state index in [0.717, 1.165) is 19.3 Å². The molecule has 0 aliphatic heterocycles. The van der Waals surface area contributed by atoms with Gasteiger partial charge in [0.15, 0.2) is 0 Å². The molecule has 0 aliphatic carbocycles. The summed E-state index contributed by atoms with van der Waals surface area (Å²) in [6.07, 6.45) is 3.66. The van der Waals surface area contributed by atoms with E-state index in [1.807, 2.05) is 14.1 Å². The van der Waals surface area contributed by atoms with Gasteiger partial charge >= 0.3 is 0 Å². The number of hydrogen-bond acceptors (Lipinski definition) is 2. The fourth-order valence-corrected chi connectivity index (χ4v) is 2.50. The fourth-order valence-electron chi connectivity index (χ4n) is 2.50. The van der Waals surface area contributed by atoms with E-state index in [0.29, 0.717) is 6.42 Å². The zero-order valence-corrected chi connectivity index (χ0v) is 12.8. The number of unbranched alkanes of at least 4 members (excludes halogenated alkanes) is 1. The maximum atomic E-state index is 11.5. The van der Waals surface area contributed by atoms with E-state index in [4.69, 9.17) is 0 Å². The normalized spacial score (nSPS) is 10.8. The van der Waals surface area contributed by atoms with Crippen LogP contribution in [0.2, 0.25) is 0 Å². The lowest BCUT2D eigenvalue weighted by Gasteiger charge is -2.13. The molecule has 3 nitrogen and oxygen atoms in total. The van der Waals surface area contributed by atoms with Crippen LogP contribution in [0.4, 0.5) is 0 Å². The Hall–Kier alpha value is -1.35. The second-order valence-corrected chi connectivity index (χ2v) is 5.51. The Morgan fingerprint density at radius 3 is 2.21 bits per heavy atom. The second-order valence-electron chi connectivity index (χ2n) is 5.51. The maximum absolute atomic E-state index is 11.5. The monoisotopic (exact) mass is 262 g/mol. The first-order valence-corrected chi connectivity index (χ1v) is 6.93. The molecule has 19 heavy (non-hydrogen) atoms. The van der Waals surface area contributed by atoms with Crippen LogP contribution in [0.5, 0.6) is 0 Å². The minimum Gasteiger partial charge on any atom is -0.289 e. The molecule has 1 rings (SSSR count). The van der Waals surface area contributed by atoms with E-state index in [-0.39, 0.29) is 5.91 Å². The molecule has 0 aromatic heterocycles. The van der Waals surface area contributed by atoms with Crippen molar-refractivity contribution in [1.29, 1.82) is 0 Å². The van der Waals surface area contributed by atoms with Gasteiger partial charge in [-0.15, -0.1) is 0 Å². The predicted octanol–water partition coefficient (Wildman–Crippen LogP) is 2.92. The predicted molar refractivity (Wildman–Crippen MR) is 80.0 cm³/mol. The van der Waals surface area contributed by atoms with Gasteiger partial charge < -0.3 is 0 Å². The number of aryl methyl sites for hydroxylation is 3. The van der Waals surface area contributed by atoms with Crippen molar-refractivity contribution in [3.63, 3.8) is 0 Å². The Kier molecular flexibility index (Phi) is 6.03. The van der Waals surface area contributed by atoms with Crippen molar-refractivity contribution in [3.05, 3.63) is 34.4 Å². The number of amides is 1. The quantitative estimate of drug-likeness (QED) is 0.631. The summed E-state index contributed by atoms with van der Waals surface area (Å²) in [5.74, 6) is 0.0994. The van der Waals surface area contributed by atoms with Crippen molar-refractivity contribution in [1.82, 2.24) is 10.4 Å². The van der Waals surface area contributed by atoms with Crippen molar-refractivity contribution in [3.8, 4) is 0 Å². The number of carbonyl (C=O) groups is 1. The Labute approximate surface area is 117 Å². The number of nitrogens with one attached hydrogen (secondary N) is 1. The summed E-state index contributed by atoms with van der Waals surface area (Å²) >= 11 is 0. The largest absolute Gasteiger partial charge is 0.289 e. The molecule has 0 heterocycles. The van der Waals surface area contributed by atoms with E-state index in [1.54, 1.807) is 5.01 Å². The first-order chi connectivity index (χ1) is 8.90. The van der Waals surface area contributed by atoms with E-state index >= 15 is 0 Å². The molecule has 0 radical (unpaired) electrons. The highest BCUT2D eigenvalue weighted by Crippen LogP contribution is 2.18. The van der Waals surface area contributed by atoms with Crippen LogP contribution in [0, 0.1) is 20.8 Å². The summed E-state index contributed by atoms with van der Waals surface area (Å²) in [5, 5.41) is 1.69. The third kappa shape index (κ3) is 5.43. The molecule has 0 saturated carbocycles. The van der Waals surface area contributed by atoms with Crippen molar-refractivity contribution in [2.45, 2.75) is 46.5 Å². The molecule has 0 aliphatic rings. The average molecular weight is 262 g/mol. The Balaban J connectivity index is 2.40. The van der Waals surface area contributed by atoms with Crippen LogP contribution in [0.25, 0.3) is 0 Å². The molecule has 0 saturated heterocycles. The third-order valence-corrected chi connectivity index (χ3v) is 3.27. The molecule has 0 unspecified atom stereocenters. The molecule has 0 spiro atoms. The molecule has 0 bridgehead atoms. The number of carbonyl (C=O) groups excluding carboxylic acids is 1. The second kappa shape index (κ2) is 7.29. The number of hydrazine groups is 1. The van der Waals surface area contributed by atoms with E-state index in [1.165, 1.54) is 22.3 Å². The SMILES string of the molecule is Cc1cc(C)c(CCCCC(=O)NN(C)C)c(C)c1. The van der Waals surface area contributed by atoms with Crippen LogP contribution < -0.4 is 5.43 Å². The zero-order valence-electron chi connectivity index (χ0n) is 12.8. The first-order valence-electron chi connectivity index (χ1n) is 6.93. The van der Waals surface area contributed by atoms with Gasteiger partial charge in [0.2, 0.25) is 5.91 Å². The molecule has 1 aromatic carbocycles. The zero-order chi connectivity index (χ0) is 14.4. The van der Waals surface area contributed by atoms with Crippen molar-refractivity contribution in [2.24, 2.45) is 0 Å². The smallest absolute Gasteiger partial charge is 0.234 e. The van der Waals surface area contributed by atoms with Crippen molar-refractivity contribution < 1.29 is 4.79 Å². The van der Waals surface area contributed by atoms with Gasteiger partial charge in [0, 0.05) is 20.5 Å². The summed E-state index contributed by atoms with van der Waals surface area (Å²) in [6, 6.07) is 4.47. The molecule has 0 fully saturated rings. The Bertz CT molecular complexity index is 415. The van der Waals surface area contributed by atoms with E-state index in [2.05, 4.69) is 38.3 Å². The lowest BCUT2D eigenvalue weighted by molar-refractivity contribution is -0.124. The summed E-state index contributed by atoms with van der Waals surface area (Å²) in [7, 11) is 3.66. The highest BCUT2D eigenvalue weighted by molar-refractivity contribution is 5.75. The Morgan fingerprint density at radius 2 is 1.68 bits per heavy atom. The van der Waals surface area contributed by atoms with Gasteiger partial charge in [-0.25, -0.2) is 5.01 Å². The van der Waals surface area contributed by atoms with Crippen LogP contribution in [0.15, 0.2) is 12.1 Å². The molecule has 0 atom stereocenters. The van der Waals surface area contributed by atoms with Gasteiger partial charge in [0.25, 0.3) is 0 Å². The minimum absolute atomic E-state index is 0.0994. The topological polar surface area (TPSA) is 32.3 Å². The molecule has 1 aromatic rings. The molecule has 1 amide bonds. The number of rotatable bonds is 6. The van der Waals surface area contributed by atoms with Crippen LogP contribution in [-0.4, -0.2) is 25.0 Å². The van der Waals surface area contributed by atoms with Gasteiger partial charge in [-0.1, -0.05) is 17.7 Å². The minimum atomic E-state index is 0.0994. The van der Waals surface area contributed by atoms with E-state index < -0.39 is 0 Å². The molecular formula is C16H26N2O. The molecular weight excluding hydrogens is 236 g/mol. The average Bonchev–Trinajstić information content (AvgIpc) is 2.25. The van der Waals surface area contributed by atoms with Crippen LogP contribution in [-0.2, 0) is 11.2 Å². The highest BCUT2D eigenvalue weighted by atomic mass is 16.2. The van der Waals surface area contributed by atoms with Crippen molar-refractivity contribution in [2.75, 3.05) is 14.1 Å². The van der Waals surface area contributed by atoms with Crippen LogP contribution >= 0.6 is 0 Å². The standard InChI is InChI=1S/C16H26N2O/c1-12-10-13(2)15(14(3)11-12)8-6-7-9-16(19)17-18(4)5/h10-11H,6-9H2,1-5H3,(H,17,19). The number of benzene rings is 1. The molecule has 3 heteroatoms. The molecule has 1 N–H and O–H groups in total. The van der Waals surface area contributed by atoms with Crippen LogP contribution in [0.3, 0.4) is 0 Å². The third-order valence-electron chi connectivity index (χ3n) is 3.27. The summed E-state index contributed by atoms with van der Waals surface area (Å²) in [5.41, 5.74) is 8.27. The van der Waals surface area contributed by atoms with Gasteiger partial charge in [0.1, 0.15) is 0 Å². The lowest BCUT2D eigenvalue weighted by Crippen LogP contribution is -2.35. The fraction of sp³-hybridized carbons (Fsp3) is 0.562. The summed E-state index contributed by atoms with van der Waals surface area (Å²) in [6.45, 7) is 6.48. The first kappa shape index (κ1) is 15.7. The lowest BCUT2D eigenvalue weighted by atomic mass is 9.95. The van der Waals surface area contributed by atoms with Gasteiger partial charge in [0.05, 0.1) is 0 Å². The number of nitrogens with zero attached hydrogens (tertiary/aromatic N) is 1. The number of hydrogen-bond donors (Lipinski definition) is 1. The van der Waals surface area contributed by atoms with Crippen LogP contribution in [0.1, 0.15) is 41.5 Å². The van der Waals surface area contributed by atoms with Gasteiger partial charge in [-0.2, -0.15) is 0 Å². The maximum Gasteiger partial charge on any atom is 0.234 e. The summed E-state index contributed by atoms with van der Waals surface area (Å²) in [4.78, 5) is 11.5. The Morgan fingerprint density at radius 1 is 1.11 bits per heavy atom. The van der Waals surface area contributed by atoms with Gasteiger partial charge in [-0.05, 0) is 56.7 Å². The summed E-state index contributed by atoms with van der Waals surface area (Å²) < 4.78 is 0. The van der Waals surface area contributed by atoms with Gasteiger partial charge in [-0.3, -0.25) is 10.2 Å².